The summed E-state index contributed by atoms with van der Waals surface area (Å²) in [6, 6.07) is 8.79. The number of phenolic OH excluding ortho intramolecular Hbond substituents is 1. The Morgan fingerprint density at radius 3 is 2.72 bits per heavy atom. The Labute approximate surface area is 148 Å². The minimum absolute atomic E-state index is 0.0812. The number of phenols is 1. The summed E-state index contributed by atoms with van der Waals surface area (Å²) in [4.78, 5) is 3.53. The van der Waals surface area contributed by atoms with Gasteiger partial charge in [0.1, 0.15) is 12.5 Å². The molecule has 0 saturated heterocycles. The van der Waals surface area contributed by atoms with Gasteiger partial charge in [-0.2, -0.15) is 4.39 Å². The molecular weight excluding hydrogens is 337 g/mol. The van der Waals surface area contributed by atoms with Crippen LogP contribution in [0.5, 0.6) is 5.75 Å². The van der Waals surface area contributed by atoms with Gasteiger partial charge in [0.2, 0.25) is 11.7 Å². The molecule has 2 rings (SSSR count). The summed E-state index contributed by atoms with van der Waals surface area (Å²) in [7, 11) is -1.12. The summed E-state index contributed by atoms with van der Waals surface area (Å²) >= 11 is 0. The van der Waals surface area contributed by atoms with Crippen molar-refractivity contribution in [2.45, 2.75) is 25.7 Å². The van der Waals surface area contributed by atoms with E-state index >= 15 is 0 Å². The second kappa shape index (κ2) is 8.22. The number of pyridine rings is 1. The first kappa shape index (κ1) is 19.1. The molecule has 7 heteroatoms. The fraction of sp³-hybridized carbons (Fsp3) is 0.333. The van der Waals surface area contributed by atoms with Crippen LogP contribution in [0.25, 0.3) is 0 Å². The zero-order chi connectivity index (χ0) is 18.4. The van der Waals surface area contributed by atoms with Gasteiger partial charge in [-0.1, -0.05) is 19.6 Å². The zero-order valence-electron chi connectivity index (χ0n) is 14.8. The number of aromatic hydroxyl groups is 1. The Morgan fingerprint density at radius 2 is 2.04 bits per heavy atom. The van der Waals surface area contributed by atoms with E-state index in [2.05, 4.69) is 29.9 Å². The van der Waals surface area contributed by atoms with Crippen LogP contribution >= 0.6 is 0 Å². The standard InChI is InChI=1S/C18H24FN3O2Si/c1-25(2,3)9-8-24-12-22-16-5-4-14(23)11-15(16)18(20)13-6-7-21-17(19)10-13/h4-7,10-11,20,22-23H,8-9,12H2,1-3H3/p+1. The summed E-state index contributed by atoms with van der Waals surface area (Å²) in [6.45, 7) is 7.92. The Morgan fingerprint density at radius 1 is 1.28 bits per heavy atom. The minimum atomic E-state index is -1.12. The molecule has 0 atom stereocenters. The van der Waals surface area contributed by atoms with Crippen LogP contribution in [-0.4, -0.2) is 37.2 Å². The maximum absolute atomic E-state index is 13.3. The molecule has 4 N–H and O–H groups in total. The van der Waals surface area contributed by atoms with Crippen LogP contribution < -0.4 is 10.7 Å². The summed E-state index contributed by atoms with van der Waals surface area (Å²) < 4.78 is 19.0. The van der Waals surface area contributed by atoms with E-state index in [1.807, 2.05) is 0 Å². The lowest BCUT2D eigenvalue weighted by molar-refractivity contribution is -0.111. The van der Waals surface area contributed by atoms with E-state index in [-0.39, 0.29) is 5.75 Å². The van der Waals surface area contributed by atoms with Gasteiger partial charge < -0.3 is 15.2 Å². The number of nitrogens with two attached hydrogens (primary N) is 1. The second-order valence-electron chi connectivity index (χ2n) is 7.05. The third-order valence-corrected chi connectivity index (χ3v) is 5.40. The molecule has 0 radical (unpaired) electrons. The van der Waals surface area contributed by atoms with Crippen LogP contribution in [0, 0.1) is 5.95 Å². The molecule has 1 aromatic heterocycles. The van der Waals surface area contributed by atoms with Gasteiger partial charge in [0.05, 0.1) is 16.8 Å². The topological polar surface area (TPSA) is 80.0 Å². The summed E-state index contributed by atoms with van der Waals surface area (Å²) in [5.74, 6) is -0.525. The van der Waals surface area contributed by atoms with Gasteiger partial charge in [-0.3, -0.25) is 5.41 Å². The Balaban J connectivity index is 2.08. The first-order chi connectivity index (χ1) is 11.8. The zero-order valence-corrected chi connectivity index (χ0v) is 15.8. The number of halogens is 1. The van der Waals surface area contributed by atoms with E-state index in [0.717, 1.165) is 6.04 Å². The van der Waals surface area contributed by atoms with Crippen LogP contribution in [0.3, 0.4) is 0 Å². The number of hydrogen-bond acceptors (Lipinski definition) is 4. The highest BCUT2D eigenvalue weighted by Gasteiger charge is 2.17. The molecule has 0 aliphatic carbocycles. The lowest BCUT2D eigenvalue weighted by atomic mass is 10.0. The van der Waals surface area contributed by atoms with Gasteiger partial charge in [0.15, 0.2) is 0 Å². The molecule has 0 unspecified atom stereocenters. The number of rotatable bonds is 8. The molecule has 0 aliphatic heterocycles. The molecule has 0 aliphatic rings. The molecule has 0 bridgehead atoms. The number of ether oxygens (including phenoxy) is 1. The maximum atomic E-state index is 13.3. The van der Waals surface area contributed by atoms with Crippen molar-refractivity contribution in [2.24, 2.45) is 0 Å². The summed E-state index contributed by atoms with van der Waals surface area (Å²) in [6.07, 6.45) is 1.35. The van der Waals surface area contributed by atoms with E-state index in [1.54, 1.807) is 18.2 Å². The van der Waals surface area contributed by atoms with Crippen molar-refractivity contribution in [3.05, 3.63) is 53.6 Å². The smallest absolute Gasteiger partial charge is 0.213 e. The molecule has 25 heavy (non-hydrogen) atoms. The van der Waals surface area contributed by atoms with Gasteiger partial charge in [0, 0.05) is 26.9 Å². The molecule has 5 nitrogen and oxygen atoms in total. The highest BCUT2D eigenvalue weighted by molar-refractivity contribution is 6.76. The summed E-state index contributed by atoms with van der Waals surface area (Å²) in [5.41, 5.74) is 2.14. The van der Waals surface area contributed by atoms with Gasteiger partial charge in [-0.25, -0.2) is 4.98 Å². The number of benzene rings is 1. The minimum Gasteiger partial charge on any atom is -0.508 e. The number of nitrogens with one attached hydrogen (secondary N) is 1. The molecule has 0 amide bonds. The molecule has 0 spiro atoms. The number of aromatic nitrogens is 1. The Kier molecular flexibility index (Phi) is 6.27. The summed E-state index contributed by atoms with van der Waals surface area (Å²) in [5, 5.41) is 19.1. The number of hydrogen-bond donors (Lipinski definition) is 3. The lowest BCUT2D eigenvalue weighted by Gasteiger charge is -2.16. The van der Waals surface area contributed by atoms with Crippen LogP contribution in [0.4, 0.5) is 10.1 Å². The third-order valence-electron chi connectivity index (χ3n) is 3.69. The fourth-order valence-electron chi connectivity index (χ4n) is 2.21. The van der Waals surface area contributed by atoms with E-state index in [9.17, 15) is 9.50 Å². The quantitative estimate of drug-likeness (QED) is 0.168. The number of anilines is 1. The predicted molar refractivity (Wildman–Crippen MR) is 100 cm³/mol. The largest absolute Gasteiger partial charge is 0.508 e. The van der Waals surface area contributed by atoms with E-state index in [4.69, 9.17) is 10.1 Å². The van der Waals surface area contributed by atoms with Crippen LogP contribution in [0.2, 0.25) is 25.7 Å². The number of nitrogens with zero attached hydrogens (tertiary/aromatic N) is 1. The van der Waals surface area contributed by atoms with Crippen LogP contribution in [0.1, 0.15) is 11.1 Å². The molecule has 0 saturated carbocycles. The molecule has 1 aromatic carbocycles. The second-order valence-corrected chi connectivity index (χ2v) is 12.7. The van der Waals surface area contributed by atoms with E-state index < -0.39 is 14.0 Å². The van der Waals surface area contributed by atoms with Crippen molar-refractivity contribution in [1.29, 1.82) is 0 Å². The van der Waals surface area contributed by atoms with Gasteiger partial charge in [-0.05, 0) is 30.3 Å². The molecule has 2 aromatic rings. The first-order valence-electron chi connectivity index (χ1n) is 8.15. The monoisotopic (exact) mass is 362 g/mol. The van der Waals surface area contributed by atoms with Gasteiger partial charge in [0.25, 0.3) is 0 Å². The van der Waals surface area contributed by atoms with Gasteiger partial charge >= 0.3 is 0 Å². The molecular formula is C18H25FN3O2Si+. The van der Waals surface area contributed by atoms with Crippen molar-refractivity contribution < 1.29 is 19.6 Å². The predicted octanol–water partition coefficient (Wildman–Crippen LogP) is 2.25. The van der Waals surface area contributed by atoms with Crippen LogP contribution in [0.15, 0.2) is 36.5 Å². The van der Waals surface area contributed by atoms with Crippen molar-refractivity contribution >= 4 is 19.5 Å². The lowest BCUT2D eigenvalue weighted by Crippen LogP contribution is -2.41. The normalized spacial score (nSPS) is 11.4. The van der Waals surface area contributed by atoms with E-state index in [0.29, 0.717) is 35.9 Å². The average Bonchev–Trinajstić information content (AvgIpc) is 2.54. The van der Waals surface area contributed by atoms with Crippen molar-refractivity contribution in [3.63, 3.8) is 0 Å². The van der Waals surface area contributed by atoms with Crippen molar-refractivity contribution in [3.8, 4) is 5.75 Å². The van der Waals surface area contributed by atoms with Crippen molar-refractivity contribution in [1.82, 2.24) is 4.98 Å². The van der Waals surface area contributed by atoms with Crippen LogP contribution in [-0.2, 0) is 4.74 Å². The first-order valence-corrected chi connectivity index (χ1v) is 11.9. The highest BCUT2D eigenvalue weighted by atomic mass is 28.3. The fourth-order valence-corrected chi connectivity index (χ4v) is 2.97. The van der Waals surface area contributed by atoms with Gasteiger partial charge in [-0.15, -0.1) is 0 Å². The highest BCUT2D eigenvalue weighted by Crippen LogP contribution is 2.23. The SMILES string of the molecule is C[Si](C)(C)CCOCNc1ccc(O)cc1C(=[NH2+])c1ccnc(F)c1. The maximum Gasteiger partial charge on any atom is 0.213 e. The molecule has 0 fully saturated rings. The Hall–Kier alpha value is -2.25. The third kappa shape index (κ3) is 5.95. The molecule has 134 valence electrons. The molecule has 1 heterocycles. The Bertz CT molecular complexity index is 747. The average molecular weight is 363 g/mol. The van der Waals surface area contributed by atoms with E-state index in [1.165, 1.54) is 18.3 Å². The van der Waals surface area contributed by atoms with Crippen molar-refractivity contribution in [2.75, 3.05) is 18.7 Å².